The van der Waals surface area contributed by atoms with Crippen LogP contribution in [0.3, 0.4) is 0 Å². The fourth-order valence-corrected chi connectivity index (χ4v) is 2.86. The number of nitrogens with two attached hydrogens (primary N) is 1. The molecule has 0 spiro atoms. The van der Waals surface area contributed by atoms with Crippen molar-refractivity contribution in [2.45, 2.75) is 65.3 Å². The first kappa shape index (κ1) is 15.9. The van der Waals surface area contributed by atoms with E-state index in [0.29, 0.717) is 4.99 Å². The van der Waals surface area contributed by atoms with E-state index in [1.807, 2.05) is 0 Å². The van der Waals surface area contributed by atoms with Crippen LogP contribution >= 0.6 is 12.2 Å². The summed E-state index contributed by atoms with van der Waals surface area (Å²) in [6, 6.07) is 0.800. The second kappa shape index (κ2) is 6.85. The Kier molecular flexibility index (Phi) is 6.06. The maximum absolute atomic E-state index is 5.76. The Morgan fingerprint density at radius 2 is 1.83 bits per heavy atom. The summed E-state index contributed by atoms with van der Waals surface area (Å²) in [7, 11) is 2.27. The van der Waals surface area contributed by atoms with Gasteiger partial charge in [-0.05, 0) is 58.0 Å². The smallest absolute Gasteiger partial charge is 0.0784 e. The number of hydrogen-bond acceptors (Lipinski definition) is 2. The molecule has 2 N–H and O–H groups in total. The summed E-state index contributed by atoms with van der Waals surface area (Å²) in [4.78, 5) is 3.19. The van der Waals surface area contributed by atoms with Crippen molar-refractivity contribution >= 4 is 17.2 Å². The Hall–Kier alpha value is -0.150. The average molecular weight is 270 g/mol. The highest BCUT2D eigenvalue weighted by Gasteiger charge is 2.23. The molecular formula is C15H30N2S. The van der Waals surface area contributed by atoms with E-state index < -0.39 is 0 Å². The molecule has 0 amide bonds. The van der Waals surface area contributed by atoms with Crippen LogP contribution in [0.1, 0.15) is 59.3 Å². The Labute approximate surface area is 118 Å². The van der Waals surface area contributed by atoms with E-state index in [1.54, 1.807) is 0 Å². The Morgan fingerprint density at radius 3 is 2.33 bits per heavy atom. The lowest BCUT2D eigenvalue weighted by Gasteiger charge is -2.34. The molecular weight excluding hydrogens is 240 g/mol. The van der Waals surface area contributed by atoms with E-state index in [9.17, 15) is 0 Å². The minimum Gasteiger partial charge on any atom is -0.393 e. The van der Waals surface area contributed by atoms with Crippen molar-refractivity contribution in [1.82, 2.24) is 4.90 Å². The third-order valence-electron chi connectivity index (χ3n) is 4.59. The molecule has 1 saturated carbocycles. The van der Waals surface area contributed by atoms with Crippen molar-refractivity contribution in [1.29, 1.82) is 0 Å². The van der Waals surface area contributed by atoms with Crippen LogP contribution in [0.2, 0.25) is 0 Å². The molecule has 0 aromatic carbocycles. The Bertz CT molecular complexity index is 268. The predicted octanol–water partition coefficient (Wildman–Crippen LogP) is 3.59. The minimum absolute atomic E-state index is 0.0112. The zero-order valence-electron chi connectivity index (χ0n) is 12.5. The molecule has 2 nitrogen and oxygen atoms in total. The lowest BCUT2D eigenvalue weighted by molar-refractivity contribution is 0.165. The van der Waals surface area contributed by atoms with Crippen LogP contribution in [-0.4, -0.2) is 29.5 Å². The van der Waals surface area contributed by atoms with Crippen LogP contribution in [0, 0.1) is 11.3 Å². The standard InChI is InChI=1S/C15H30N2S/c1-12-6-8-13(9-7-12)17(4)11-5-10-15(2,3)14(16)18/h12-13H,5-11H2,1-4H3,(H2,16,18). The maximum Gasteiger partial charge on any atom is 0.0784 e. The summed E-state index contributed by atoms with van der Waals surface area (Å²) in [5.74, 6) is 0.934. The molecule has 0 atom stereocenters. The van der Waals surface area contributed by atoms with E-state index in [0.717, 1.165) is 18.4 Å². The van der Waals surface area contributed by atoms with Gasteiger partial charge in [-0.2, -0.15) is 0 Å². The summed E-state index contributed by atoms with van der Waals surface area (Å²) >= 11 is 5.11. The third-order valence-corrected chi connectivity index (χ3v) is 5.14. The topological polar surface area (TPSA) is 29.3 Å². The molecule has 18 heavy (non-hydrogen) atoms. The first-order chi connectivity index (χ1) is 8.33. The van der Waals surface area contributed by atoms with Crippen molar-refractivity contribution in [3.63, 3.8) is 0 Å². The van der Waals surface area contributed by atoms with Gasteiger partial charge < -0.3 is 10.6 Å². The molecule has 106 valence electrons. The first-order valence-electron chi connectivity index (χ1n) is 7.33. The number of thiocarbonyl (C=S) groups is 1. The molecule has 0 unspecified atom stereocenters. The van der Waals surface area contributed by atoms with E-state index in [4.69, 9.17) is 18.0 Å². The van der Waals surface area contributed by atoms with Gasteiger partial charge in [0.05, 0.1) is 4.99 Å². The van der Waals surface area contributed by atoms with Crippen LogP contribution in [0.25, 0.3) is 0 Å². The normalized spacial score (nSPS) is 25.4. The van der Waals surface area contributed by atoms with Gasteiger partial charge in [0.2, 0.25) is 0 Å². The van der Waals surface area contributed by atoms with Gasteiger partial charge in [-0.3, -0.25) is 0 Å². The fraction of sp³-hybridized carbons (Fsp3) is 0.933. The van der Waals surface area contributed by atoms with E-state index >= 15 is 0 Å². The predicted molar refractivity (Wildman–Crippen MR) is 83.9 cm³/mol. The van der Waals surface area contributed by atoms with Gasteiger partial charge in [0, 0.05) is 11.5 Å². The SMILES string of the molecule is CC1CCC(N(C)CCCC(C)(C)C(N)=S)CC1. The van der Waals surface area contributed by atoms with Crippen LogP contribution in [0.5, 0.6) is 0 Å². The summed E-state index contributed by atoms with van der Waals surface area (Å²) in [6.07, 6.45) is 7.82. The minimum atomic E-state index is 0.0112. The lowest BCUT2D eigenvalue weighted by atomic mass is 9.86. The van der Waals surface area contributed by atoms with Crippen LogP contribution in [-0.2, 0) is 0 Å². The summed E-state index contributed by atoms with van der Waals surface area (Å²) < 4.78 is 0. The van der Waals surface area contributed by atoms with Gasteiger partial charge in [-0.25, -0.2) is 0 Å². The monoisotopic (exact) mass is 270 g/mol. The molecule has 0 aliphatic heterocycles. The zero-order valence-corrected chi connectivity index (χ0v) is 13.4. The quantitative estimate of drug-likeness (QED) is 0.748. The molecule has 1 fully saturated rings. The van der Waals surface area contributed by atoms with E-state index in [-0.39, 0.29) is 5.41 Å². The molecule has 1 aliphatic carbocycles. The van der Waals surface area contributed by atoms with E-state index in [1.165, 1.54) is 38.6 Å². The highest BCUT2D eigenvalue weighted by molar-refractivity contribution is 7.80. The van der Waals surface area contributed by atoms with Gasteiger partial charge in [0.15, 0.2) is 0 Å². The van der Waals surface area contributed by atoms with Gasteiger partial charge in [0.25, 0.3) is 0 Å². The van der Waals surface area contributed by atoms with Crippen molar-refractivity contribution in [3.8, 4) is 0 Å². The Balaban J connectivity index is 2.25. The average Bonchev–Trinajstić information content (AvgIpc) is 2.29. The molecule has 1 rings (SSSR count). The van der Waals surface area contributed by atoms with Crippen LogP contribution < -0.4 is 5.73 Å². The lowest BCUT2D eigenvalue weighted by Crippen LogP contribution is -2.36. The summed E-state index contributed by atoms with van der Waals surface area (Å²) in [6.45, 7) is 7.85. The largest absolute Gasteiger partial charge is 0.393 e. The van der Waals surface area contributed by atoms with Gasteiger partial charge in [-0.1, -0.05) is 33.0 Å². The van der Waals surface area contributed by atoms with Gasteiger partial charge >= 0.3 is 0 Å². The molecule has 0 radical (unpaired) electrons. The van der Waals surface area contributed by atoms with E-state index in [2.05, 4.69) is 32.7 Å². The second-order valence-corrected chi connectivity index (χ2v) is 7.19. The third kappa shape index (κ3) is 4.85. The molecule has 0 aromatic rings. The van der Waals surface area contributed by atoms with Crippen LogP contribution in [0.4, 0.5) is 0 Å². The zero-order chi connectivity index (χ0) is 13.8. The van der Waals surface area contributed by atoms with Crippen molar-refractivity contribution in [2.24, 2.45) is 17.1 Å². The van der Waals surface area contributed by atoms with Gasteiger partial charge in [-0.15, -0.1) is 0 Å². The van der Waals surface area contributed by atoms with Crippen molar-refractivity contribution in [2.75, 3.05) is 13.6 Å². The number of rotatable bonds is 6. The highest BCUT2D eigenvalue weighted by atomic mass is 32.1. The highest BCUT2D eigenvalue weighted by Crippen LogP contribution is 2.27. The number of nitrogens with zero attached hydrogens (tertiary/aromatic N) is 1. The molecule has 1 aliphatic rings. The fourth-order valence-electron chi connectivity index (χ4n) is 2.76. The molecule has 3 heteroatoms. The number of hydrogen-bond donors (Lipinski definition) is 1. The summed E-state index contributed by atoms with van der Waals surface area (Å²) in [5.41, 5.74) is 5.77. The maximum atomic E-state index is 5.76. The molecule has 0 saturated heterocycles. The second-order valence-electron chi connectivity index (χ2n) is 6.75. The summed E-state index contributed by atoms with van der Waals surface area (Å²) in [5, 5.41) is 0. The van der Waals surface area contributed by atoms with Crippen molar-refractivity contribution < 1.29 is 0 Å². The molecule has 0 bridgehead atoms. The molecule has 0 aromatic heterocycles. The van der Waals surface area contributed by atoms with Gasteiger partial charge in [0.1, 0.15) is 0 Å². The first-order valence-corrected chi connectivity index (χ1v) is 7.74. The van der Waals surface area contributed by atoms with Crippen LogP contribution in [0.15, 0.2) is 0 Å². The molecule has 0 heterocycles. The Morgan fingerprint density at radius 1 is 1.28 bits per heavy atom. The van der Waals surface area contributed by atoms with Crippen molar-refractivity contribution in [3.05, 3.63) is 0 Å².